The molecule has 0 bridgehead atoms. The number of nitrogens with one attached hydrogen (secondary N) is 1. The Morgan fingerprint density at radius 3 is 2.70 bits per heavy atom. The van der Waals surface area contributed by atoms with Gasteiger partial charge in [-0.3, -0.25) is 4.68 Å². The van der Waals surface area contributed by atoms with Crippen LogP contribution in [0.15, 0.2) is 24.3 Å². The van der Waals surface area contributed by atoms with Crippen molar-refractivity contribution in [2.24, 2.45) is 0 Å². The molecule has 1 atom stereocenters. The van der Waals surface area contributed by atoms with Crippen LogP contribution in [0.25, 0.3) is 28.2 Å². The molecule has 5 heterocycles. The number of hydrogen-bond donors (Lipinski definition) is 2. The summed E-state index contributed by atoms with van der Waals surface area (Å²) in [6, 6.07) is 6.96. The number of nitrogens with two attached hydrogens (primary N) is 1. The molecular formula is C26H32FN9O. The number of piperidine rings is 1. The number of anilines is 2. The molecule has 0 aliphatic carbocycles. The first-order valence-corrected chi connectivity index (χ1v) is 12.8. The summed E-state index contributed by atoms with van der Waals surface area (Å²) in [5.41, 5.74) is 11.2. The predicted molar refractivity (Wildman–Crippen MR) is 140 cm³/mol. The number of nitrogen functional groups attached to an aromatic ring is 1. The molecule has 0 spiro atoms. The van der Waals surface area contributed by atoms with E-state index in [1.807, 2.05) is 13.0 Å². The summed E-state index contributed by atoms with van der Waals surface area (Å²) < 4.78 is 23.4. The van der Waals surface area contributed by atoms with E-state index in [0.717, 1.165) is 54.4 Å². The molecule has 1 aromatic carbocycles. The third kappa shape index (κ3) is 4.21. The number of aromatic nitrogens is 6. The molecule has 3 aromatic heterocycles. The van der Waals surface area contributed by atoms with Gasteiger partial charge in [-0.2, -0.15) is 10.1 Å². The second-order valence-corrected chi connectivity index (χ2v) is 9.94. The Bertz CT molecular complexity index is 1460. The molecular weight excluding hydrogens is 473 g/mol. The number of nitrogens with zero attached hydrogens (tertiary/aromatic N) is 7. The second kappa shape index (κ2) is 9.38. The zero-order valence-corrected chi connectivity index (χ0v) is 21.4. The van der Waals surface area contributed by atoms with Crippen LogP contribution < -0.4 is 16.0 Å². The SMILES string of the molecule is Cc1nn(C2CCNCC2)c(C)c1-c1cc(N2CCOC[C@H]2C)nc(-n2c(N)nc3cc(F)ccc32)n1. The van der Waals surface area contributed by atoms with Gasteiger partial charge in [0.05, 0.1) is 47.7 Å². The number of aryl methyl sites for hydroxylation is 1. The van der Waals surface area contributed by atoms with Gasteiger partial charge < -0.3 is 20.7 Å². The summed E-state index contributed by atoms with van der Waals surface area (Å²) in [6.45, 7) is 10.2. The minimum absolute atomic E-state index is 0.148. The number of rotatable bonds is 4. The van der Waals surface area contributed by atoms with Crippen molar-refractivity contribution in [3.8, 4) is 17.2 Å². The minimum atomic E-state index is -0.369. The summed E-state index contributed by atoms with van der Waals surface area (Å²) in [7, 11) is 0. The number of morpholine rings is 1. The molecule has 11 heteroatoms. The molecule has 3 N–H and O–H groups in total. The maximum atomic E-state index is 13.9. The smallest absolute Gasteiger partial charge is 0.239 e. The van der Waals surface area contributed by atoms with Crippen molar-refractivity contribution in [1.82, 2.24) is 34.6 Å². The van der Waals surface area contributed by atoms with Gasteiger partial charge in [0.15, 0.2) is 0 Å². The van der Waals surface area contributed by atoms with E-state index in [4.69, 9.17) is 25.5 Å². The third-order valence-electron chi connectivity index (χ3n) is 7.44. The zero-order chi connectivity index (χ0) is 25.7. The van der Waals surface area contributed by atoms with Gasteiger partial charge in [-0.15, -0.1) is 0 Å². The molecule has 6 rings (SSSR count). The van der Waals surface area contributed by atoms with Gasteiger partial charge in [-0.05, 0) is 58.8 Å². The summed E-state index contributed by atoms with van der Waals surface area (Å²) in [5, 5.41) is 8.38. The molecule has 2 fully saturated rings. The van der Waals surface area contributed by atoms with Crippen molar-refractivity contribution in [3.05, 3.63) is 41.5 Å². The number of ether oxygens (including phenoxy) is 1. The maximum absolute atomic E-state index is 13.9. The molecule has 37 heavy (non-hydrogen) atoms. The van der Waals surface area contributed by atoms with E-state index in [9.17, 15) is 4.39 Å². The number of fused-ring (bicyclic) bond motifs is 1. The van der Waals surface area contributed by atoms with Gasteiger partial charge in [0.25, 0.3) is 0 Å². The molecule has 10 nitrogen and oxygen atoms in total. The van der Waals surface area contributed by atoms with Crippen LogP contribution in [0.5, 0.6) is 0 Å². The fraction of sp³-hybridized carbons (Fsp3) is 0.462. The Balaban J connectivity index is 1.53. The van der Waals surface area contributed by atoms with Crippen LogP contribution in [0.1, 0.15) is 37.2 Å². The summed E-state index contributed by atoms with van der Waals surface area (Å²) in [4.78, 5) is 16.5. The van der Waals surface area contributed by atoms with Gasteiger partial charge in [0.2, 0.25) is 11.9 Å². The first-order chi connectivity index (χ1) is 17.9. The molecule has 0 amide bonds. The Hall–Kier alpha value is -3.57. The van der Waals surface area contributed by atoms with Crippen LogP contribution in [0.4, 0.5) is 16.2 Å². The predicted octanol–water partition coefficient (Wildman–Crippen LogP) is 3.17. The van der Waals surface area contributed by atoms with Gasteiger partial charge in [-0.1, -0.05) is 0 Å². The van der Waals surface area contributed by atoms with E-state index in [1.54, 1.807) is 10.6 Å². The maximum Gasteiger partial charge on any atom is 0.239 e. The van der Waals surface area contributed by atoms with Gasteiger partial charge in [0.1, 0.15) is 11.6 Å². The zero-order valence-electron chi connectivity index (χ0n) is 21.4. The highest BCUT2D eigenvalue weighted by molar-refractivity contribution is 5.80. The lowest BCUT2D eigenvalue weighted by Gasteiger charge is -2.34. The standard InChI is InChI=1S/C26H32FN9O/c1-15-14-37-11-10-34(15)23-13-21(24-16(2)33-36(17(24)3)19-6-8-29-9-7-19)31-26(32-23)35-22-5-4-18(27)12-20(22)30-25(35)28/h4-5,12-13,15,19,29H,6-11,14H2,1-3H3,(H2,28,30)/t15-/m1/s1. The van der Waals surface area contributed by atoms with Crippen molar-refractivity contribution in [2.45, 2.75) is 45.7 Å². The van der Waals surface area contributed by atoms with Gasteiger partial charge >= 0.3 is 0 Å². The molecule has 194 valence electrons. The molecule has 0 unspecified atom stereocenters. The van der Waals surface area contributed by atoms with Crippen LogP contribution in [0.3, 0.4) is 0 Å². The lowest BCUT2D eigenvalue weighted by Crippen LogP contribution is -2.44. The van der Waals surface area contributed by atoms with Crippen LogP contribution in [-0.2, 0) is 4.74 Å². The van der Waals surface area contributed by atoms with E-state index in [-0.39, 0.29) is 17.8 Å². The highest BCUT2D eigenvalue weighted by Gasteiger charge is 2.26. The van der Waals surface area contributed by atoms with Crippen molar-refractivity contribution in [1.29, 1.82) is 0 Å². The summed E-state index contributed by atoms with van der Waals surface area (Å²) in [5.74, 6) is 1.02. The molecule has 0 saturated carbocycles. The van der Waals surface area contributed by atoms with Gasteiger partial charge in [0, 0.05) is 29.9 Å². The summed E-state index contributed by atoms with van der Waals surface area (Å²) in [6.07, 6.45) is 2.09. The van der Waals surface area contributed by atoms with Crippen molar-refractivity contribution in [2.75, 3.05) is 43.5 Å². The Morgan fingerprint density at radius 2 is 1.92 bits per heavy atom. The highest BCUT2D eigenvalue weighted by atomic mass is 19.1. The highest BCUT2D eigenvalue weighted by Crippen LogP contribution is 2.33. The number of benzene rings is 1. The van der Waals surface area contributed by atoms with E-state index < -0.39 is 0 Å². The average Bonchev–Trinajstić information content (AvgIpc) is 3.38. The van der Waals surface area contributed by atoms with Crippen LogP contribution in [0, 0.1) is 19.7 Å². The van der Waals surface area contributed by atoms with Crippen molar-refractivity contribution < 1.29 is 9.13 Å². The van der Waals surface area contributed by atoms with Crippen LogP contribution in [0.2, 0.25) is 0 Å². The molecule has 2 saturated heterocycles. The third-order valence-corrected chi connectivity index (χ3v) is 7.44. The lowest BCUT2D eigenvalue weighted by atomic mass is 10.1. The monoisotopic (exact) mass is 505 g/mol. The first-order valence-electron chi connectivity index (χ1n) is 12.8. The second-order valence-electron chi connectivity index (χ2n) is 9.94. The van der Waals surface area contributed by atoms with E-state index in [1.165, 1.54) is 12.1 Å². The van der Waals surface area contributed by atoms with E-state index in [2.05, 4.69) is 33.7 Å². The average molecular weight is 506 g/mol. The van der Waals surface area contributed by atoms with Crippen molar-refractivity contribution in [3.63, 3.8) is 0 Å². The summed E-state index contributed by atoms with van der Waals surface area (Å²) >= 11 is 0. The van der Waals surface area contributed by atoms with E-state index in [0.29, 0.717) is 42.8 Å². The number of imidazole rings is 1. The fourth-order valence-electron chi connectivity index (χ4n) is 5.59. The largest absolute Gasteiger partial charge is 0.377 e. The lowest BCUT2D eigenvalue weighted by molar-refractivity contribution is 0.0985. The van der Waals surface area contributed by atoms with E-state index >= 15 is 0 Å². The number of hydrogen-bond acceptors (Lipinski definition) is 8. The number of halogens is 1. The quantitative estimate of drug-likeness (QED) is 0.435. The first kappa shape index (κ1) is 23.8. The van der Waals surface area contributed by atoms with Crippen LogP contribution in [-0.4, -0.2) is 68.2 Å². The Kier molecular flexibility index (Phi) is 6.04. The molecule has 2 aliphatic heterocycles. The fourth-order valence-corrected chi connectivity index (χ4v) is 5.59. The molecule has 2 aliphatic rings. The Morgan fingerprint density at radius 1 is 1.11 bits per heavy atom. The van der Waals surface area contributed by atoms with Gasteiger partial charge in [-0.25, -0.2) is 18.9 Å². The van der Waals surface area contributed by atoms with Crippen molar-refractivity contribution >= 4 is 22.8 Å². The molecule has 0 radical (unpaired) electrons. The molecule has 4 aromatic rings. The topological polar surface area (TPSA) is 112 Å². The normalized spacial score (nSPS) is 19.1. The minimum Gasteiger partial charge on any atom is -0.377 e. The Labute approximate surface area is 214 Å². The van der Waals surface area contributed by atoms with Crippen LogP contribution >= 0.6 is 0 Å².